The van der Waals surface area contributed by atoms with Gasteiger partial charge in [0.1, 0.15) is 0 Å². The molecular formula is C12H15NO. The second-order valence-electron chi connectivity index (χ2n) is 3.61. The number of rotatable bonds is 3. The summed E-state index contributed by atoms with van der Waals surface area (Å²) in [6.45, 7) is 5.87. The lowest BCUT2D eigenvalue weighted by Gasteiger charge is -2.14. The van der Waals surface area contributed by atoms with E-state index in [-0.39, 0.29) is 6.10 Å². The summed E-state index contributed by atoms with van der Waals surface area (Å²) in [4.78, 5) is 0. The lowest BCUT2D eigenvalue weighted by molar-refractivity contribution is 0.0391. The van der Waals surface area contributed by atoms with E-state index in [1.807, 2.05) is 45.0 Å². The van der Waals surface area contributed by atoms with Crippen LogP contribution in [0.2, 0.25) is 0 Å². The molecule has 0 amide bonds. The van der Waals surface area contributed by atoms with Gasteiger partial charge >= 0.3 is 0 Å². The summed E-state index contributed by atoms with van der Waals surface area (Å²) in [6.07, 6.45) is -0.380. The van der Waals surface area contributed by atoms with Gasteiger partial charge in [0.2, 0.25) is 0 Å². The molecule has 0 aliphatic rings. The largest absolute Gasteiger partial charge is 0.356 e. The van der Waals surface area contributed by atoms with Crippen LogP contribution in [0.5, 0.6) is 0 Å². The van der Waals surface area contributed by atoms with Crippen LogP contribution < -0.4 is 0 Å². The molecule has 0 fully saturated rings. The first-order chi connectivity index (χ1) is 6.63. The molecule has 0 saturated heterocycles. The fourth-order valence-corrected chi connectivity index (χ4v) is 1.29. The quantitative estimate of drug-likeness (QED) is 0.732. The molecule has 2 heteroatoms. The Kier molecular flexibility index (Phi) is 3.67. The number of nitriles is 1. The van der Waals surface area contributed by atoms with Gasteiger partial charge in [-0.25, -0.2) is 0 Å². The van der Waals surface area contributed by atoms with Crippen molar-refractivity contribution in [2.45, 2.75) is 33.0 Å². The summed E-state index contributed by atoms with van der Waals surface area (Å²) < 4.78 is 5.48. The van der Waals surface area contributed by atoms with E-state index in [1.54, 1.807) is 0 Å². The van der Waals surface area contributed by atoms with E-state index in [0.29, 0.717) is 0 Å². The minimum atomic E-state index is -0.449. The molecule has 1 atom stereocenters. The molecule has 0 heterocycles. The monoisotopic (exact) mass is 189 g/mol. The standard InChI is InChI=1S/C12H15NO/c1-9(2)14-12(8-13)11-6-4-5-10(3)7-11/h4-7,9,12H,1-3H3. The maximum absolute atomic E-state index is 8.94. The Bertz CT molecular complexity index is 338. The zero-order chi connectivity index (χ0) is 10.6. The van der Waals surface area contributed by atoms with Gasteiger partial charge in [-0.15, -0.1) is 0 Å². The highest BCUT2D eigenvalue weighted by molar-refractivity contribution is 5.27. The van der Waals surface area contributed by atoms with Crippen molar-refractivity contribution in [2.75, 3.05) is 0 Å². The zero-order valence-corrected chi connectivity index (χ0v) is 8.82. The molecular weight excluding hydrogens is 174 g/mol. The van der Waals surface area contributed by atoms with Crippen LogP contribution in [0.1, 0.15) is 31.1 Å². The van der Waals surface area contributed by atoms with E-state index < -0.39 is 6.10 Å². The second-order valence-corrected chi connectivity index (χ2v) is 3.61. The summed E-state index contributed by atoms with van der Waals surface area (Å²) in [7, 11) is 0. The molecule has 14 heavy (non-hydrogen) atoms. The smallest absolute Gasteiger partial charge is 0.169 e. The van der Waals surface area contributed by atoms with Gasteiger partial charge in [0.15, 0.2) is 6.10 Å². The minimum Gasteiger partial charge on any atom is -0.356 e. The van der Waals surface area contributed by atoms with Crippen LogP contribution in [0.15, 0.2) is 24.3 Å². The van der Waals surface area contributed by atoms with Gasteiger partial charge in [0, 0.05) is 0 Å². The highest BCUT2D eigenvalue weighted by atomic mass is 16.5. The van der Waals surface area contributed by atoms with Crippen molar-refractivity contribution in [3.05, 3.63) is 35.4 Å². The fourth-order valence-electron chi connectivity index (χ4n) is 1.29. The van der Waals surface area contributed by atoms with E-state index in [2.05, 4.69) is 6.07 Å². The number of nitrogens with zero attached hydrogens (tertiary/aromatic N) is 1. The Morgan fingerprint density at radius 3 is 2.57 bits per heavy atom. The lowest BCUT2D eigenvalue weighted by Crippen LogP contribution is -2.08. The van der Waals surface area contributed by atoms with Crippen molar-refractivity contribution in [2.24, 2.45) is 0 Å². The molecule has 0 aromatic heterocycles. The minimum absolute atomic E-state index is 0.0696. The Morgan fingerprint density at radius 1 is 1.36 bits per heavy atom. The first-order valence-electron chi connectivity index (χ1n) is 4.75. The van der Waals surface area contributed by atoms with Crippen LogP contribution in [-0.2, 0) is 4.74 Å². The summed E-state index contributed by atoms with van der Waals surface area (Å²) in [5, 5.41) is 8.94. The topological polar surface area (TPSA) is 33.0 Å². The van der Waals surface area contributed by atoms with Crippen molar-refractivity contribution in [3.63, 3.8) is 0 Å². The van der Waals surface area contributed by atoms with E-state index in [4.69, 9.17) is 10.00 Å². The van der Waals surface area contributed by atoms with Crippen molar-refractivity contribution < 1.29 is 4.74 Å². The van der Waals surface area contributed by atoms with Crippen molar-refractivity contribution in [1.82, 2.24) is 0 Å². The number of hydrogen-bond donors (Lipinski definition) is 0. The molecule has 0 radical (unpaired) electrons. The Morgan fingerprint density at radius 2 is 2.07 bits per heavy atom. The zero-order valence-electron chi connectivity index (χ0n) is 8.82. The van der Waals surface area contributed by atoms with E-state index >= 15 is 0 Å². The molecule has 1 aromatic rings. The molecule has 2 nitrogen and oxygen atoms in total. The van der Waals surface area contributed by atoms with Gasteiger partial charge in [-0.2, -0.15) is 5.26 Å². The fraction of sp³-hybridized carbons (Fsp3) is 0.417. The molecule has 0 aliphatic heterocycles. The Hall–Kier alpha value is -1.33. The van der Waals surface area contributed by atoms with Gasteiger partial charge in [0.25, 0.3) is 0 Å². The maximum Gasteiger partial charge on any atom is 0.169 e. The molecule has 0 saturated carbocycles. The summed E-state index contributed by atoms with van der Waals surface area (Å²) in [5.41, 5.74) is 2.08. The third-order valence-electron chi connectivity index (χ3n) is 1.87. The van der Waals surface area contributed by atoms with Crippen molar-refractivity contribution >= 4 is 0 Å². The van der Waals surface area contributed by atoms with Crippen LogP contribution in [0.25, 0.3) is 0 Å². The number of benzene rings is 1. The molecule has 0 aliphatic carbocycles. The third-order valence-corrected chi connectivity index (χ3v) is 1.87. The molecule has 0 spiro atoms. The second kappa shape index (κ2) is 4.78. The highest BCUT2D eigenvalue weighted by Gasteiger charge is 2.12. The molecule has 1 aromatic carbocycles. The molecule has 0 bridgehead atoms. The average Bonchev–Trinajstić information content (AvgIpc) is 2.14. The normalized spacial score (nSPS) is 12.5. The first-order valence-corrected chi connectivity index (χ1v) is 4.75. The van der Waals surface area contributed by atoms with Crippen LogP contribution in [-0.4, -0.2) is 6.10 Å². The molecule has 1 rings (SSSR count). The maximum atomic E-state index is 8.94. The SMILES string of the molecule is Cc1cccc(C(C#N)OC(C)C)c1. The van der Waals surface area contributed by atoms with Crippen LogP contribution >= 0.6 is 0 Å². The third kappa shape index (κ3) is 2.86. The van der Waals surface area contributed by atoms with Gasteiger partial charge in [0.05, 0.1) is 12.2 Å². The summed E-state index contributed by atoms with van der Waals surface area (Å²) in [6, 6.07) is 10.0. The Balaban J connectivity index is 2.85. The average molecular weight is 189 g/mol. The predicted molar refractivity (Wildman–Crippen MR) is 55.8 cm³/mol. The first kappa shape index (κ1) is 10.7. The summed E-state index contributed by atoms with van der Waals surface area (Å²) >= 11 is 0. The Labute approximate surface area is 85.1 Å². The number of ether oxygens (including phenoxy) is 1. The predicted octanol–water partition coefficient (Wildman–Crippen LogP) is 2.98. The lowest BCUT2D eigenvalue weighted by atomic mass is 10.1. The van der Waals surface area contributed by atoms with Crippen molar-refractivity contribution in [3.8, 4) is 6.07 Å². The van der Waals surface area contributed by atoms with Crippen LogP contribution in [0, 0.1) is 18.3 Å². The van der Waals surface area contributed by atoms with Crippen LogP contribution in [0.3, 0.4) is 0 Å². The van der Waals surface area contributed by atoms with E-state index in [1.165, 1.54) is 0 Å². The van der Waals surface area contributed by atoms with Gasteiger partial charge in [-0.3, -0.25) is 0 Å². The number of hydrogen-bond acceptors (Lipinski definition) is 2. The number of aryl methyl sites for hydroxylation is 1. The molecule has 0 N–H and O–H groups in total. The van der Waals surface area contributed by atoms with Crippen LogP contribution in [0.4, 0.5) is 0 Å². The molecule has 74 valence electrons. The van der Waals surface area contributed by atoms with Gasteiger partial charge < -0.3 is 4.74 Å². The van der Waals surface area contributed by atoms with Crippen molar-refractivity contribution in [1.29, 1.82) is 5.26 Å². The van der Waals surface area contributed by atoms with Gasteiger partial charge in [-0.05, 0) is 26.3 Å². The highest BCUT2D eigenvalue weighted by Crippen LogP contribution is 2.19. The van der Waals surface area contributed by atoms with E-state index in [9.17, 15) is 0 Å². The van der Waals surface area contributed by atoms with Gasteiger partial charge in [-0.1, -0.05) is 29.8 Å². The van der Waals surface area contributed by atoms with E-state index in [0.717, 1.165) is 11.1 Å². The molecule has 1 unspecified atom stereocenters. The summed E-state index contributed by atoms with van der Waals surface area (Å²) in [5.74, 6) is 0.